The fourth-order valence-corrected chi connectivity index (χ4v) is 3.00. The van der Waals surface area contributed by atoms with Crippen molar-refractivity contribution in [2.45, 2.75) is 45.6 Å². The smallest absolute Gasteiger partial charge is 0.326 e. The van der Waals surface area contributed by atoms with Crippen LogP contribution in [0.1, 0.15) is 40.0 Å². The molecule has 104 valence electrons. The molecule has 0 radical (unpaired) electrons. The maximum Gasteiger partial charge on any atom is 0.326 e. The number of nitrogens with zero attached hydrogens (tertiary/aromatic N) is 1. The van der Waals surface area contributed by atoms with Crippen molar-refractivity contribution in [2.24, 2.45) is 5.41 Å². The van der Waals surface area contributed by atoms with Gasteiger partial charge in [-0.2, -0.15) is 0 Å². The second-order valence-electron chi connectivity index (χ2n) is 5.94. The Kier molecular flexibility index (Phi) is 3.97. The van der Waals surface area contributed by atoms with Crippen LogP contribution < -0.4 is 5.32 Å². The highest BCUT2D eigenvalue weighted by Gasteiger charge is 2.60. The van der Waals surface area contributed by atoms with Crippen molar-refractivity contribution in [2.75, 3.05) is 32.8 Å². The van der Waals surface area contributed by atoms with Crippen molar-refractivity contribution in [1.82, 2.24) is 10.2 Å². The van der Waals surface area contributed by atoms with Gasteiger partial charge in [-0.15, -0.1) is 0 Å². The molecule has 18 heavy (non-hydrogen) atoms. The van der Waals surface area contributed by atoms with E-state index < -0.39 is 5.54 Å². The van der Waals surface area contributed by atoms with Crippen molar-refractivity contribution in [1.29, 1.82) is 0 Å². The normalized spacial score (nSPS) is 27.1. The molecule has 0 aromatic rings. The molecule has 2 aliphatic rings. The second-order valence-corrected chi connectivity index (χ2v) is 5.94. The molecule has 0 aromatic carbocycles. The molecule has 1 aliphatic carbocycles. The predicted molar refractivity (Wildman–Crippen MR) is 71.4 cm³/mol. The molecule has 1 N–H and O–H groups in total. The summed E-state index contributed by atoms with van der Waals surface area (Å²) in [7, 11) is 0. The third kappa shape index (κ3) is 2.28. The van der Waals surface area contributed by atoms with Crippen LogP contribution in [0.4, 0.5) is 0 Å². The van der Waals surface area contributed by atoms with E-state index in [0.717, 1.165) is 45.4 Å². The topological polar surface area (TPSA) is 41.6 Å². The summed E-state index contributed by atoms with van der Waals surface area (Å²) in [6.45, 7) is 10.6. The highest BCUT2D eigenvalue weighted by atomic mass is 16.5. The van der Waals surface area contributed by atoms with E-state index in [1.807, 2.05) is 6.92 Å². The largest absolute Gasteiger partial charge is 0.465 e. The first-order valence-electron chi connectivity index (χ1n) is 7.17. The first-order chi connectivity index (χ1) is 8.54. The Morgan fingerprint density at radius 2 is 2.11 bits per heavy atom. The highest BCUT2D eigenvalue weighted by Crippen LogP contribution is 2.56. The van der Waals surface area contributed by atoms with Crippen molar-refractivity contribution in [3.8, 4) is 0 Å². The van der Waals surface area contributed by atoms with Gasteiger partial charge in [-0.3, -0.25) is 9.69 Å². The van der Waals surface area contributed by atoms with Crippen LogP contribution in [0.2, 0.25) is 0 Å². The highest BCUT2D eigenvalue weighted by molar-refractivity contribution is 5.82. The minimum atomic E-state index is -0.449. The first-order valence-corrected chi connectivity index (χ1v) is 7.17. The fourth-order valence-electron chi connectivity index (χ4n) is 3.00. The summed E-state index contributed by atoms with van der Waals surface area (Å²) < 4.78 is 5.37. The zero-order valence-corrected chi connectivity index (χ0v) is 11.9. The average Bonchev–Trinajstić information content (AvgIpc) is 3.12. The maximum absolute atomic E-state index is 12.5. The summed E-state index contributed by atoms with van der Waals surface area (Å²) in [6, 6.07) is 0. The van der Waals surface area contributed by atoms with Crippen LogP contribution in [-0.2, 0) is 9.53 Å². The van der Waals surface area contributed by atoms with E-state index in [-0.39, 0.29) is 11.4 Å². The summed E-state index contributed by atoms with van der Waals surface area (Å²) in [6.07, 6.45) is 3.36. The van der Waals surface area contributed by atoms with E-state index in [2.05, 4.69) is 24.1 Å². The van der Waals surface area contributed by atoms with E-state index in [9.17, 15) is 4.79 Å². The van der Waals surface area contributed by atoms with Gasteiger partial charge in [-0.1, -0.05) is 6.92 Å². The van der Waals surface area contributed by atoms with Crippen LogP contribution in [0.25, 0.3) is 0 Å². The van der Waals surface area contributed by atoms with Gasteiger partial charge >= 0.3 is 5.97 Å². The average molecular weight is 254 g/mol. The van der Waals surface area contributed by atoms with E-state index in [4.69, 9.17) is 4.74 Å². The van der Waals surface area contributed by atoms with E-state index >= 15 is 0 Å². The van der Waals surface area contributed by atoms with Crippen LogP contribution in [0, 0.1) is 5.41 Å². The van der Waals surface area contributed by atoms with Gasteiger partial charge in [0.15, 0.2) is 0 Å². The van der Waals surface area contributed by atoms with Crippen LogP contribution in [0.5, 0.6) is 0 Å². The summed E-state index contributed by atoms with van der Waals surface area (Å²) >= 11 is 0. The second kappa shape index (κ2) is 5.17. The summed E-state index contributed by atoms with van der Waals surface area (Å²) in [5.41, 5.74) is -0.349. The molecule has 4 nitrogen and oxygen atoms in total. The van der Waals surface area contributed by atoms with Gasteiger partial charge in [-0.05, 0) is 45.1 Å². The molecule has 1 atom stereocenters. The third-order valence-corrected chi connectivity index (χ3v) is 4.82. The van der Waals surface area contributed by atoms with Gasteiger partial charge in [0.05, 0.1) is 6.61 Å². The number of nitrogens with one attached hydrogen (secondary N) is 1. The molecule has 2 rings (SSSR count). The van der Waals surface area contributed by atoms with E-state index in [1.54, 1.807) is 0 Å². The van der Waals surface area contributed by atoms with Crippen LogP contribution in [0.15, 0.2) is 0 Å². The summed E-state index contributed by atoms with van der Waals surface area (Å²) in [5, 5.41) is 3.40. The number of rotatable bonds is 4. The van der Waals surface area contributed by atoms with Crippen LogP contribution >= 0.6 is 0 Å². The van der Waals surface area contributed by atoms with Crippen molar-refractivity contribution in [3.63, 3.8) is 0 Å². The zero-order valence-electron chi connectivity index (χ0n) is 11.9. The Balaban J connectivity index is 2.20. The minimum absolute atomic E-state index is 0.0353. The molecular weight excluding hydrogens is 228 g/mol. The molecule has 1 unspecified atom stereocenters. The maximum atomic E-state index is 12.5. The lowest BCUT2D eigenvalue weighted by molar-refractivity contribution is -0.162. The molecule has 1 aliphatic heterocycles. The van der Waals surface area contributed by atoms with Gasteiger partial charge < -0.3 is 10.1 Å². The number of ether oxygens (including phenoxy) is 1. The van der Waals surface area contributed by atoms with Crippen molar-refractivity contribution < 1.29 is 9.53 Å². The molecule has 2 fully saturated rings. The number of hydrogen-bond donors (Lipinski definition) is 1. The van der Waals surface area contributed by atoms with Crippen molar-refractivity contribution >= 4 is 5.97 Å². The minimum Gasteiger partial charge on any atom is -0.465 e. The zero-order chi connectivity index (χ0) is 13.2. The first kappa shape index (κ1) is 13.8. The fraction of sp³-hybridized carbons (Fsp3) is 0.929. The number of hydrogen-bond acceptors (Lipinski definition) is 4. The van der Waals surface area contributed by atoms with Gasteiger partial charge in [0.25, 0.3) is 0 Å². The van der Waals surface area contributed by atoms with Gasteiger partial charge in [0.2, 0.25) is 0 Å². The predicted octanol–water partition coefficient (Wildman–Crippen LogP) is 1.40. The molecule has 1 saturated carbocycles. The molecule has 0 bridgehead atoms. The standard InChI is InChI=1S/C14H26N2O2/c1-4-18-12(17)14(3,13(2)6-7-13)16-10-5-8-15-9-11-16/h15H,4-11H2,1-3H3. The Bertz CT molecular complexity index is 307. The molecule has 0 amide bonds. The van der Waals surface area contributed by atoms with Gasteiger partial charge in [0, 0.05) is 19.6 Å². The molecule has 1 heterocycles. The summed E-state index contributed by atoms with van der Waals surface area (Å²) in [4.78, 5) is 14.8. The van der Waals surface area contributed by atoms with E-state index in [1.165, 1.54) is 0 Å². The molecule has 1 saturated heterocycles. The molecule has 0 aromatic heterocycles. The molecule has 4 heteroatoms. The third-order valence-electron chi connectivity index (χ3n) is 4.82. The number of carbonyl (C=O) groups is 1. The SMILES string of the molecule is CCOC(=O)C(C)(N1CCCNCC1)C1(C)CC1. The van der Waals surface area contributed by atoms with E-state index in [0.29, 0.717) is 6.61 Å². The van der Waals surface area contributed by atoms with Gasteiger partial charge in [0.1, 0.15) is 5.54 Å². The van der Waals surface area contributed by atoms with Gasteiger partial charge in [-0.25, -0.2) is 0 Å². The van der Waals surface area contributed by atoms with Crippen molar-refractivity contribution in [3.05, 3.63) is 0 Å². The molecule has 0 spiro atoms. The Morgan fingerprint density at radius 3 is 2.72 bits per heavy atom. The summed E-state index contributed by atoms with van der Waals surface area (Å²) in [5.74, 6) is -0.0353. The Labute approximate surface area is 110 Å². The Hall–Kier alpha value is -0.610. The lowest BCUT2D eigenvalue weighted by Crippen LogP contribution is -2.59. The monoisotopic (exact) mass is 254 g/mol. The van der Waals surface area contributed by atoms with Crippen LogP contribution in [-0.4, -0.2) is 49.2 Å². The Morgan fingerprint density at radius 1 is 1.39 bits per heavy atom. The molecular formula is C14H26N2O2. The van der Waals surface area contributed by atoms with Crippen LogP contribution in [0.3, 0.4) is 0 Å². The lowest BCUT2D eigenvalue weighted by atomic mass is 9.81. The quantitative estimate of drug-likeness (QED) is 0.770. The lowest BCUT2D eigenvalue weighted by Gasteiger charge is -2.43. The number of esters is 1. The number of carbonyl (C=O) groups excluding carboxylic acids is 1.